The summed E-state index contributed by atoms with van der Waals surface area (Å²) in [7, 11) is 0. The molecule has 1 heterocycles. The summed E-state index contributed by atoms with van der Waals surface area (Å²) in [6.45, 7) is 0. The molecule has 3 nitrogen and oxygen atoms in total. The Morgan fingerprint density at radius 3 is 2.59 bits per heavy atom. The number of halogens is 1. The number of nitrogens with zero attached hydrogens (tertiary/aromatic N) is 1. The summed E-state index contributed by atoms with van der Waals surface area (Å²) < 4.78 is 18.3. The minimum absolute atomic E-state index is 0.00261. The number of anilines is 1. The Morgan fingerprint density at radius 1 is 1.06 bits per heavy atom. The van der Waals surface area contributed by atoms with Crippen molar-refractivity contribution in [3.8, 4) is 11.3 Å². The van der Waals surface area contributed by atoms with E-state index in [2.05, 4.69) is 5.16 Å². The molecule has 0 amide bonds. The summed E-state index contributed by atoms with van der Waals surface area (Å²) in [5.41, 5.74) is 7.48. The van der Waals surface area contributed by atoms with Gasteiger partial charge in [0.05, 0.1) is 5.39 Å². The second kappa shape index (κ2) is 3.59. The summed E-state index contributed by atoms with van der Waals surface area (Å²) in [4.78, 5) is 0. The van der Waals surface area contributed by atoms with Crippen LogP contribution >= 0.6 is 0 Å². The van der Waals surface area contributed by atoms with Crippen LogP contribution in [0.2, 0.25) is 0 Å². The third-order valence-electron chi connectivity index (χ3n) is 2.67. The molecule has 0 unspecified atom stereocenters. The smallest absolute Gasteiger partial charge is 0.193 e. The fourth-order valence-corrected chi connectivity index (χ4v) is 1.81. The first-order chi connectivity index (χ1) is 8.27. The van der Waals surface area contributed by atoms with E-state index >= 15 is 0 Å². The first kappa shape index (κ1) is 9.84. The number of fused-ring (bicyclic) bond motifs is 1. The molecular formula is C13H9FN2O. The Hall–Kier alpha value is -2.36. The predicted octanol–water partition coefficient (Wildman–Crippen LogP) is 3.22. The highest BCUT2D eigenvalue weighted by atomic mass is 19.1. The van der Waals surface area contributed by atoms with Crippen molar-refractivity contribution < 1.29 is 8.91 Å². The predicted molar refractivity (Wildman–Crippen MR) is 63.8 cm³/mol. The fourth-order valence-electron chi connectivity index (χ4n) is 1.81. The summed E-state index contributed by atoms with van der Waals surface area (Å²) >= 11 is 0. The number of hydrogen-bond acceptors (Lipinski definition) is 3. The van der Waals surface area contributed by atoms with E-state index in [1.807, 2.05) is 30.3 Å². The van der Waals surface area contributed by atoms with Crippen LogP contribution in [-0.4, -0.2) is 5.16 Å². The number of nitrogen functional groups attached to an aromatic ring is 1. The van der Waals surface area contributed by atoms with Crippen LogP contribution < -0.4 is 5.73 Å². The van der Waals surface area contributed by atoms with E-state index in [4.69, 9.17) is 10.3 Å². The molecule has 0 spiro atoms. The van der Waals surface area contributed by atoms with E-state index in [0.29, 0.717) is 11.3 Å². The highest BCUT2D eigenvalue weighted by Gasteiger charge is 2.14. The SMILES string of the molecule is Nc1c(F)ccc2c(-c3ccccc3)noc12. The highest BCUT2D eigenvalue weighted by molar-refractivity contribution is 5.97. The zero-order chi connectivity index (χ0) is 11.8. The van der Waals surface area contributed by atoms with Gasteiger partial charge in [-0.05, 0) is 12.1 Å². The van der Waals surface area contributed by atoms with Crippen LogP contribution in [0.4, 0.5) is 10.1 Å². The molecular weight excluding hydrogens is 219 g/mol. The van der Waals surface area contributed by atoms with E-state index in [0.717, 1.165) is 10.9 Å². The third kappa shape index (κ3) is 1.45. The molecule has 0 fully saturated rings. The van der Waals surface area contributed by atoms with Crippen LogP contribution in [0.3, 0.4) is 0 Å². The van der Waals surface area contributed by atoms with Gasteiger partial charge in [-0.2, -0.15) is 0 Å². The molecule has 0 atom stereocenters. The number of benzene rings is 2. The van der Waals surface area contributed by atoms with E-state index < -0.39 is 5.82 Å². The maximum atomic E-state index is 13.2. The lowest BCUT2D eigenvalue weighted by molar-refractivity contribution is 0.459. The molecule has 2 N–H and O–H groups in total. The molecule has 0 aliphatic carbocycles. The maximum Gasteiger partial charge on any atom is 0.193 e. The van der Waals surface area contributed by atoms with Gasteiger partial charge in [0.1, 0.15) is 17.2 Å². The average Bonchev–Trinajstić information content (AvgIpc) is 2.79. The minimum Gasteiger partial charge on any atom is -0.393 e. The van der Waals surface area contributed by atoms with Gasteiger partial charge < -0.3 is 10.3 Å². The highest BCUT2D eigenvalue weighted by Crippen LogP contribution is 2.31. The molecule has 0 aliphatic heterocycles. The zero-order valence-corrected chi connectivity index (χ0v) is 8.85. The molecule has 2 aromatic carbocycles. The molecule has 3 rings (SSSR count). The van der Waals surface area contributed by atoms with Crippen LogP contribution in [0, 0.1) is 5.82 Å². The third-order valence-corrected chi connectivity index (χ3v) is 2.67. The summed E-state index contributed by atoms with van der Waals surface area (Å²) in [6, 6.07) is 12.5. The first-order valence-electron chi connectivity index (χ1n) is 5.16. The number of rotatable bonds is 1. The molecule has 4 heteroatoms. The van der Waals surface area contributed by atoms with Crippen molar-refractivity contribution in [1.82, 2.24) is 5.16 Å². The van der Waals surface area contributed by atoms with Gasteiger partial charge in [-0.15, -0.1) is 0 Å². The summed E-state index contributed by atoms with van der Waals surface area (Å²) in [5.74, 6) is -0.492. The normalized spacial score (nSPS) is 10.9. The van der Waals surface area contributed by atoms with E-state index in [1.165, 1.54) is 6.07 Å². The summed E-state index contributed by atoms with van der Waals surface area (Å²) in [6.07, 6.45) is 0. The molecule has 1 aromatic heterocycles. The largest absolute Gasteiger partial charge is 0.393 e. The quantitative estimate of drug-likeness (QED) is 0.650. The zero-order valence-electron chi connectivity index (χ0n) is 8.85. The molecule has 0 bridgehead atoms. The van der Waals surface area contributed by atoms with Gasteiger partial charge in [-0.3, -0.25) is 0 Å². The van der Waals surface area contributed by atoms with Crippen LogP contribution in [0.1, 0.15) is 0 Å². The van der Waals surface area contributed by atoms with Crippen molar-refractivity contribution in [3.63, 3.8) is 0 Å². The van der Waals surface area contributed by atoms with Crippen LogP contribution in [-0.2, 0) is 0 Å². The van der Waals surface area contributed by atoms with Gasteiger partial charge >= 0.3 is 0 Å². The van der Waals surface area contributed by atoms with Crippen molar-refractivity contribution in [2.24, 2.45) is 0 Å². The Kier molecular flexibility index (Phi) is 2.08. The minimum atomic E-state index is -0.492. The Balaban J connectivity index is 2.30. The van der Waals surface area contributed by atoms with Gasteiger partial charge in [0.25, 0.3) is 0 Å². The van der Waals surface area contributed by atoms with Crippen LogP contribution in [0.25, 0.3) is 22.2 Å². The van der Waals surface area contributed by atoms with E-state index in [1.54, 1.807) is 6.07 Å². The Morgan fingerprint density at radius 2 is 1.82 bits per heavy atom. The number of nitrogens with two attached hydrogens (primary N) is 1. The second-order valence-electron chi connectivity index (χ2n) is 3.73. The van der Waals surface area contributed by atoms with Crippen LogP contribution in [0.5, 0.6) is 0 Å². The topological polar surface area (TPSA) is 52.0 Å². The number of hydrogen-bond donors (Lipinski definition) is 1. The lowest BCUT2D eigenvalue weighted by Crippen LogP contribution is -1.90. The van der Waals surface area contributed by atoms with Crippen molar-refractivity contribution >= 4 is 16.7 Å². The first-order valence-corrected chi connectivity index (χ1v) is 5.16. The summed E-state index contributed by atoms with van der Waals surface area (Å²) in [5, 5.41) is 4.66. The molecule has 0 aliphatic rings. The average molecular weight is 228 g/mol. The standard InChI is InChI=1S/C13H9FN2O/c14-10-7-6-9-12(8-4-2-1-3-5-8)16-17-13(9)11(10)15/h1-7H,15H2. The van der Waals surface area contributed by atoms with E-state index in [9.17, 15) is 4.39 Å². The second-order valence-corrected chi connectivity index (χ2v) is 3.73. The lowest BCUT2D eigenvalue weighted by atomic mass is 10.1. The Bertz CT molecular complexity index is 676. The van der Waals surface area contributed by atoms with Gasteiger partial charge in [0.15, 0.2) is 5.58 Å². The number of aromatic nitrogens is 1. The van der Waals surface area contributed by atoms with Crippen molar-refractivity contribution in [2.75, 3.05) is 5.73 Å². The monoisotopic (exact) mass is 228 g/mol. The molecule has 0 saturated heterocycles. The fraction of sp³-hybridized carbons (Fsp3) is 0. The van der Waals surface area contributed by atoms with Crippen molar-refractivity contribution in [1.29, 1.82) is 0 Å². The van der Waals surface area contributed by atoms with E-state index in [-0.39, 0.29) is 5.69 Å². The Labute approximate surface area is 96.6 Å². The van der Waals surface area contributed by atoms with Crippen molar-refractivity contribution in [2.45, 2.75) is 0 Å². The van der Waals surface area contributed by atoms with Gasteiger partial charge in [-0.1, -0.05) is 35.5 Å². The lowest BCUT2D eigenvalue weighted by Gasteiger charge is -1.97. The molecule has 0 saturated carbocycles. The molecule has 0 radical (unpaired) electrons. The molecule has 17 heavy (non-hydrogen) atoms. The van der Waals surface area contributed by atoms with Crippen molar-refractivity contribution in [3.05, 3.63) is 48.3 Å². The van der Waals surface area contributed by atoms with Gasteiger partial charge in [-0.25, -0.2) is 4.39 Å². The van der Waals surface area contributed by atoms with Gasteiger partial charge in [0.2, 0.25) is 0 Å². The molecule has 84 valence electrons. The van der Waals surface area contributed by atoms with Crippen LogP contribution in [0.15, 0.2) is 47.0 Å². The molecule has 3 aromatic rings. The maximum absolute atomic E-state index is 13.2. The van der Waals surface area contributed by atoms with Gasteiger partial charge in [0, 0.05) is 5.56 Å².